The van der Waals surface area contributed by atoms with Gasteiger partial charge in [0.2, 0.25) is 0 Å². The van der Waals surface area contributed by atoms with E-state index in [9.17, 15) is 4.79 Å². The van der Waals surface area contributed by atoms with Gasteiger partial charge in [0.25, 0.3) is 0 Å². The Bertz CT molecular complexity index is 361. The first-order valence-corrected chi connectivity index (χ1v) is 5.85. The average Bonchev–Trinajstić information content (AvgIpc) is 2.42. The van der Waals surface area contributed by atoms with Gasteiger partial charge in [-0.25, -0.2) is 4.79 Å². The smallest absolute Gasteiger partial charge is 0.330 e. The van der Waals surface area contributed by atoms with Crippen LogP contribution in [0.1, 0.15) is 6.92 Å². The molecule has 0 aliphatic carbocycles. The molecule has 18 heavy (non-hydrogen) atoms. The highest BCUT2D eigenvalue weighted by atomic mass is 16.6. The molecule has 98 valence electrons. The first-order chi connectivity index (χ1) is 8.76. The molecule has 0 N–H and O–H groups in total. The third-order valence-electron chi connectivity index (χ3n) is 2.14. The third-order valence-corrected chi connectivity index (χ3v) is 2.14. The van der Waals surface area contributed by atoms with E-state index in [-0.39, 0.29) is 6.61 Å². The van der Waals surface area contributed by atoms with Gasteiger partial charge >= 0.3 is 5.97 Å². The predicted molar refractivity (Wildman–Crippen MR) is 68.5 cm³/mol. The lowest BCUT2D eigenvalue weighted by Crippen LogP contribution is -2.29. The zero-order valence-corrected chi connectivity index (χ0v) is 10.5. The average molecular weight is 250 g/mol. The van der Waals surface area contributed by atoms with Crippen molar-refractivity contribution in [3.8, 4) is 5.75 Å². The second-order valence-electron chi connectivity index (χ2n) is 3.55. The number of ether oxygens (including phenoxy) is 3. The van der Waals surface area contributed by atoms with Crippen molar-refractivity contribution in [1.82, 2.24) is 0 Å². The first-order valence-electron chi connectivity index (χ1n) is 5.85. The highest BCUT2D eigenvalue weighted by Crippen LogP contribution is 2.09. The van der Waals surface area contributed by atoms with Crippen LogP contribution in [0.25, 0.3) is 0 Å². The SMILES string of the molecule is C=CC(=O)OC(COCC)COc1ccccc1. The van der Waals surface area contributed by atoms with Crippen LogP contribution in [0.4, 0.5) is 0 Å². The molecule has 0 aliphatic rings. The van der Waals surface area contributed by atoms with Crippen LogP contribution in [0.5, 0.6) is 5.75 Å². The topological polar surface area (TPSA) is 44.8 Å². The third kappa shape index (κ3) is 5.50. The summed E-state index contributed by atoms with van der Waals surface area (Å²) >= 11 is 0. The molecule has 0 spiro atoms. The number of hydrogen-bond acceptors (Lipinski definition) is 4. The monoisotopic (exact) mass is 250 g/mol. The number of carbonyl (C=O) groups is 1. The van der Waals surface area contributed by atoms with Crippen LogP contribution < -0.4 is 4.74 Å². The summed E-state index contributed by atoms with van der Waals surface area (Å²) in [4.78, 5) is 11.1. The summed E-state index contributed by atoms with van der Waals surface area (Å²) < 4.78 is 15.9. The number of esters is 1. The zero-order chi connectivity index (χ0) is 13.2. The maximum atomic E-state index is 11.1. The molecule has 0 aliphatic heterocycles. The molecule has 0 amide bonds. The molecule has 1 aromatic carbocycles. The zero-order valence-electron chi connectivity index (χ0n) is 10.5. The van der Waals surface area contributed by atoms with E-state index in [1.807, 2.05) is 37.3 Å². The van der Waals surface area contributed by atoms with Crippen molar-refractivity contribution < 1.29 is 19.0 Å². The van der Waals surface area contributed by atoms with Crippen molar-refractivity contribution >= 4 is 5.97 Å². The van der Waals surface area contributed by atoms with Gasteiger partial charge in [-0.15, -0.1) is 0 Å². The van der Waals surface area contributed by atoms with E-state index in [4.69, 9.17) is 14.2 Å². The second-order valence-corrected chi connectivity index (χ2v) is 3.55. The Morgan fingerprint density at radius 3 is 2.67 bits per heavy atom. The van der Waals surface area contributed by atoms with E-state index < -0.39 is 12.1 Å². The lowest BCUT2D eigenvalue weighted by Gasteiger charge is -2.17. The molecule has 1 atom stereocenters. The molecule has 0 heterocycles. The van der Waals surface area contributed by atoms with Crippen molar-refractivity contribution in [2.75, 3.05) is 19.8 Å². The molecule has 0 saturated carbocycles. The molecular weight excluding hydrogens is 232 g/mol. The van der Waals surface area contributed by atoms with Gasteiger partial charge in [0.1, 0.15) is 12.4 Å². The molecular formula is C14H18O4. The van der Waals surface area contributed by atoms with Gasteiger partial charge in [-0.05, 0) is 19.1 Å². The maximum Gasteiger partial charge on any atom is 0.330 e. The molecule has 4 heteroatoms. The van der Waals surface area contributed by atoms with Crippen LogP contribution in [0.2, 0.25) is 0 Å². The van der Waals surface area contributed by atoms with Gasteiger partial charge in [-0.3, -0.25) is 0 Å². The van der Waals surface area contributed by atoms with E-state index in [1.165, 1.54) is 0 Å². The Labute approximate surface area is 107 Å². The van der Waals surface area contributed by atoms with Crippen molar-refractivity contribution in [1.29, 1.82) is 0 Å². The van der Waals surface area contributed by atoms with Crippen molar-refractivity contribution in [3.05, 3.63) is 43.0 Å². The molecule has 4 nitrogen and oxygen atoms in total. The summed E-state index contributed by atoms with van der Waals surface area (Å²) in [6.07, 6.45) is 0.692. The van der Waals surface area contributed by atoms with E-state index in [2.05, 4.69) is 6.58 Å². The Hall–Kier alpha value is -1.81. The van der Waals surface area contributed by atoms with Crippen LogP contribution in [0, 0.1) is 0 Å². The number of benzene rings is 1. The molecule has 0 fully saturated rings. The van der Waals surface area contributed by atoms with Gasteiger partial charge in [0.05, 0.1) is 6.61 Å². The molecule has 0 aromatic heterocycles. The van der Waals surface area contributed by atoms with Gasteiger partial charge in [0.15, 0.2) is 6.10 Å². The Morgan fingerprint density at radius 2 is 2.06 bits per heavy atom. The Morgan fingerprint density at radius 1 is 1.33 bits per heavy atom. The Balaban J connectivity index is 2.44. The lowest BCUT2D eigenvalue weighted by atomic mass is 10.3. The number of rotatable bonds is 8. The first kappa shape index (κ1) is 14.3. The molecule has 0 saturated heterocycles. The van der Waals surface area contributed by atoms with Crippen molar-refractivity contribution in [3.63, 3.8) is 0 Å². The van der Waals surface area contributed by atoms with E-state index in [1.54, 1.807) is 0 Å². The number of hydrogen-bond donors (Lipinski definition) is 0. The molecule has 1 rings (SSSR count). The summed E-state index contributed by atoms with van der Waals surface area (Å²) in [5.41, 5.74) is 0. The molecule has 1 unspecified atom stereocenters. The van der Waals surface area contributed by atoms with E-state index >= 15 is 0 Å². The second kappa shape index (κ2) is 8.31. The minimum absolute atomic E-state index is 0.254. The van der Waals surface area contributed by atoms with Crippen LogP contribution in [-0.2, 0) is 14.3 Å². The Kier molecular flexibility index (Phi) is 6.58. The molecule has 0 radical (unpaired) electrons. The minimum Gasteiger partial charge on any atom is -0.490 e. The van der Waals surface area contributed by atoms with Crippen LogP contribution in [0.15, 0.2) is 43.0 Å². The van der Waals surface area contributed by atoms with Crippen molar-refractivity contribution in [2.45, 2.75) is 13.0 Å². The molecule has 1 aromatic rings. The minimum atomic E-state index is -0.476. The predicted octanol–water partition coefficient (Wildman–Crippen LogP) is 2.20. The van der Waals surface area contributed by atoms with Gasteiger partial charge in [-0.1, -0.05) is 24.8 Å². The quantitative estimate of drug-likeness (QED) is 0.524. The highest BCUT2D eigenvalue weighted by molar-refractivity contribution is 5.81. The fraction of sp³-hybridized carbons (Fsp3) is 0.357. The van der Waals surface area contributed by atoms with E-state index in [0.29, 0.717) is 13.2 Å². The molecule has 0 bridgehead atoms. The van der Waals surface area contributed by atoms with Gasteiger partial charge in [0, 0.05) is 12.7 Å². The lowest BCUT2D eigenvalue weighted by molar-refractivity contribution is -0.147. The van der Waals surface area contributed by atoms with Crippen LogP contribution in [0.3, 0.4) is 0 Å². The largest absolute Gasteiger partial charge is 0.490 e. The highest BCUT2D eigenvalue weighted by Gasteiger charge is 2.13. The van der Waals surface area contributed by atoms with Gasteiger partial charge in [-0.2, -0.15) is 0 Å². The fourth-order valence-electron chi connectivity index (χ4n) is 1.28. The summed E-state index contributed by atoms with van der Waals surface area (Å²) in [7, 11) is 0. The van der Waals surface area contributed by atoms with E-state index in [0.717, 1.165) is 11.8 Å². The standard InChI is InChI=1S/C14H18O4/c1-3-14(15)18-13(10-16-4-2)11-17-12-8-6-5-7-9-12/h3,5-9,13H,1,4,10-11H2,2H3. The van der Waals surface area contributed by atoms with Crippen LogP contribution >= 0.6 is 0 Å². The fourth-order valence-corrected chi connectivity index (χ4v) is 1.28. The maximum absolute atomic E-state index is 11.1. The normalized spacial score (nSPS) is 11.6. The number of para-hydroxylation sites is 1. The number of carbonyl (C=O) groups excluding carboxylic acids is 1. The summed E-state index contributed by atoms with van der Waals surface area (Å²) in [6.45, 7) is 6.36. The van der Waals surface area contributed by atoms with Crippen LogP contribution in [-0.4, -0.2) is 31.9 Å². The summed E-state index contributed by atoms with van der Waals surface area (Å²) in [5.74, 6) is 0.255. The van der Waals surface area contributed by atoms with Crippen molar-refractivity contribution in [2.24, 2.45) is 0 Å². The summed E-state index contributed by atoms with van der Waals surface area (Å²) in [6, 6.07) is 9.34. The van der Waals surface area contributed by atoms with Gasteiger partial charge < -0.3 is 14.2 Å². The summed E-state index contributed by atoms with van der Waals surface area (Å²) in [5, 5.41) is 0.